The summed E-state index contributed by atoms with van der Waals surface area (Å²) in [5, 5.41) is 12.3. The number of hydrogen-bond acceptors (Lipinski definition) is 4. The lowest BCUT2D eigenvalue weighted by atomic mass is 9.93. The van der Waals surface area contributed by atoms with Gasteiger partial charge in [0.15, 0.2) is 0 Å². The number of amides is 1. The molecular weight excluding hydrogens is 544 g/mol. The zero-order valence-corrected chi connectivity index (χ0v) is 23.1. The molecule has 0 saturated carbocycles. The van der Waals surface area contributed by atoms with E-state index in [4.69, 9.17) is 4.74 Å². The van der Waals surface area contributed by atoms with E-state index in [1.807, 2.05) is 48.7 Å². The van der Waals surface area contributed by atoms with Gasteiger partial charge in [-0.1, -0.05) is 66.2 Å². The normalized spacial score (nSPS) is 17.1. The van der Waals surface area contributed by atoms with Crippen molar-refractivity contribution in [3.8, 4) is 5.75 Å². The molecule has 3 aromatic carbocycles. The predicted molar refractivity (Wildman–Crippen MR) is 152 cm³/mol. The molecule has 2 heterocycles. The van der Waals surface area contributed by atoms with Gasteiger partial charge in [0, 0.05) is 33.7 Å². The van der Waals surface area contributed by atoms with Crippen molar-refractivity contribution < 1.29 is 19.4 Å². The minimum Gasteiger partial charge on any atom is -0.507 e. The lowest BCUT2D eigenvalue weighted by molar-refractivity contribution is -0.139. The third kappa shape index (κ3) is 4.74. The van der Waals surface area contributed by atoms with E-state index in [1.54, 1.807) is 36.3 Å². The number of ketones is 1. The van der Waals surface area contributed by atoms with Gasteiger partial charge in [0.05, 0.1) is 18.7 Å². The molecule has 6 nitrogen and oxygen atoms in total. The third-order valence-corrected chi connectivity index (χ3v) is 7.70. The quantitative estimate of drug-likeness (QED) is 0.146. The van der Waals surface area contributed by atoms with Crippen molar-refractivity contribution in [3.05, 3.63) is 105 Å². The van der Waals surface area contributed by atoms with Crippen LogP contribution in [0.4, 0.5) is 0 Å². The average molecular weight is 573 g/mol. The molecule has 7 heteroatoms. The Bertz CT molecular complexity index is 1530. The number of carbonyl (C=O) groups is 2. The third-order valence-electron chi connectivity index (χ3n) is 7.17. The fourth-order valence-electron chi connectivity index (χ4n) is 5.02. The van der Waals surface area contributed by atoms with Crippen LogP contribution >= 0.6 is 15.9 Å². The highest BCUT2D eigenvalue weighted by molar-refractivity contribution is 9.10. The zero-order chi connectivity index (χ0) is 27.0. The minimum absolute atomic E-state index is 0.107. The van der Waals surface area contributed by atoms with Gasteiger partial charge in [-0.2, -0.15) is 0 Å². The zero-order valence-electron chi connectivity index (χ0n) is 21.5. The Balaban J connectivity index is 1.55. The van der Waals surface area contributed by atoms with E-state index in [0.29, 0.717) is 24.4 Å². The molecule has 1 aliphatic rings. The van der Waals surface area contributed by atoms with E-state index < -0.39 is 17.7 Å². The summed E-state index contributed by atoms with van der Waals surface area (Å²) in [4.78, 5) is 31.6. The Labute approximate surface area is 230 Å². The summed E-state index contributed by atoms with van der Waals surface area (Å²) in [6, 6.07) is 20.1. The first-order valence-corrected chi connectivity index (χ1v) is 13.4. The van der Waals surface area contributed by atoms with Crippen LogP contribution in [0.1, 0.15) is 48.1 Å². The van der Waals surface area contributed by atoms with Crippen molar-refractivity contribution in [1.82, 2.24) is 9.88 Å². The number of hydrogen-bond donors (Lipinski definition) is 2. The molecule has 1 atom stereocenters. The summed E-state index contributed by atoms with van der Waals surface area (Å²) in [5.41, 5.74) is 4.52. The number of benzene rings is 3. The average Bonchev–Trinajstić information content (AvgIpc) is 3.44. The van der Waals surface area contributed by atoms with E-state index in [2.05, 4.69) is 34.8 Å². The van der Waals surface area contributed by atoms with Crippen molar-refractivity contribution in [1.29, 1.82) is 0 Å². The summed E-state index contributed by atoms with van der Waals surface area (Å²) >= 11 is 3.40. The van der Waals surface area contributed by atoms with Crippen LogP contribution in [0.5, 0.6) is 5.75 Å². The first kappa shape index (κ1) is 25.8. The van der Waals surface area contributed by atoms with Gasteiger partial charge >= 0.3 is 0 Å². The number of halogens is 1. The van der Waals surface area contributed by atoms with E-state index in [0.717, 1.165) is 37.8 Å². The number of nitrogens with zero attached hydrogens (tertiary/aromatic N) is 1. The fourth-order valence-corrected chi connectivity index (χ4v) is 5.28. The van der Waals surface area contributed by atoms with Gasteiger partial charge in [-0.25, -0.2) is 0 Å². The van der Waals surface area contributed by atoms with E-state index >= 15 is 0 Å². The SMILES string of the molecule is COc1ccc2[nH]cc(CCN3C(=O)C(=O)C(=C(O)c4ccc(Br)cc4)[C@H]3c3ccc(C(C)C)cc3)c2c1. The Morgan fingerprint density at radius 1 is 1.05 bits per heavy atom. The molecule has 1 fully saturated rings. The van der Waals surface area contributed by atoms with Gasteiger partial charge in [-0.3, -0.25) is 9.59 Å². The Morgan fingerprint density at radius 2 is 1.76 bits per heavy atom. The lowest BCUT2D eigenvalue weighted by Crippen LogP contribution is -2.31. The molecule has 0 radical (unpaired) electrons. The van der Waals surface area contributed by atoms with E-state index in [9.17, 15) is 14.7 Å². The molecule has 1 amide bonds. The Kier molecular flexibility index (Phi) is 7.13. The van der Waals surface area contributed by atoms with E-state index in [-0.39, 0.29) is 11.3 Å². The number of likely N-dealkylation sites (tertiary alicyclic amines) is 1. The number of aromatic nitrogens is 1. The second kappa shape index (κ2) is 10.5. The van der Waals surface area contributed by atoms with Crippen molar-refractivity contribution >= 4 is 44.3 Å². The summed E-state index contributed by atoms with van der Waals surface area (Å²) in [7, 11) is 1.63. The van der Waals surface area contributed by atoms with Gasteiger partial charge < -0.3 is 19.7 Å². The number of ether oxygens (including phenoxy) is 1. The number of carbonyl (C=O) groups excluding carboxylic acids is 2. The van der Waals surface area contributed by atoms with Gasteiger partial charge in [0.2, 0.25) is 0 Å². The Hall–Kier alpha value is -3.84. The number of nitrogens with one attached hydrogen (secondary N) is 1. The number of aliphatic hydroxyl groups excluding tert-OH is 1. The summed E-state index contributed by atoms with van der Waals surface area (Å²) < 4.78 is 6.24. The van der Waals surface area contributed by atoms with Crippen LogP contribution in [0, 0.1) is 0 Å². The maximum atomic E-state index is 13.4. The maximum absolute atomic E-state index is 13.4. The van der Waals surface area contributed by atoms with Gasteiger partial charge in [0.25, 0.3) is 11.7 Å². The summed E-state index contributed by atoms with van der Waals surface area (Å²) in [6.45, 7) is 4.54. The molecule has 0 unspecified atom stereocenters. The molecule has 1 aliphatic heterocycles. The number of aromatic amines is 1. The van der Waals surface area contributed by atoms with Crippen LogP contribution in [0.25, 0.3) is 16.7 Å². The number of aliphatic hydroxyl groups is 1. The monoisotopic (exact) mass is 572 g/mol. The highest BCUT2D eigenvalue weighted by Crippen LogP contribution is 2.40. The predicted octanol–water partition coefficient (Wildman–Crippen LogP) is 6.73. The van der Waals surface area contributed by atoms with Gasteiger partial charge in [0.1, 0.15) is 11.5 Å². The Morgan fingerprint density at radius 3 is 2.42 bits per heavy atom. The highest BCUT2D eigenvalue weighted by atomic mass is 79.9. The van der Waals surface area contributed by atoms with Crippen LogP contribution in [0.15, 0.2) is 83.0 Å². The second-order valence-electron chi connectivity index (χ2n) is 9.80. The topological polar surface area (TPSA) is 82.6 Å². The van der Waals surface area contributed by atoms with E-state index in [1.165, 1.54) is 0 Å². The van der Waals surface area contributed by atoms with Crippen LogP contribution in [0.3, 0.4) is 0 Å². The molecular formula is C31H29BrN2O4. The molecule has 2 N–H and O–H groups in total. The number of fused-ring (bicyclic) bond motifs is 1. The molecule has 1 aromatic heterocycles. The largest absolute Gasteiger partial charge is 0.507 e. The van der Waals surface area contributed by atoms with Crippen LogP contribution in [-0.4, -0.2) is 40.3 Å². The number of H-pyrrole nitrogens is 1. The molecule has 38 heavy (non-hydrogen) atoms. The summed E-state index contributed by atoms with van der Waals surface area (Å²) in [6.07, 6.45) is 2.45. The van der Waals surface area contributed by atoms with Crippen molar-refractivity contribution in [2.24, 2.45) is 0 Å². The van der Waals surface area contributed by atoms with Crippen molar-refractivity contribution in [2.75, 3.05) is 13.7 Å². The first-order chi connectivity index (χ1) is 18.3. The summed E-state index contributed by atoms with van der Waals surface area (Å²) in [5.74, 6) is -0.369. The molecule has 4 aromatic rings. The molecule has 5 rings (SSSR count). The number of Topliss-reactive ketones (excluding diaryl/α,β-unsaturated/α-hetero) is 1. The number of methoxy groups -OCH3 is 1. The maximum Gasteiger partial charge on any atom is 0.295 e. The number of rotatable bonds is 7. The lowest BCUT2D eigenvalue weighted by Gasteiger charge is -2.25. The minimum atomic E-state index is -0.695. The molecule has 1 saturated heterocycles. The smallest absolute Gasteiger partial charge is 0.295 e. The highest BCUT2D eigenvalue weighted by Gasteiger charge is 2.45. The van der Waals surface area contributed by atoms with Gasteiger partial charge in [-0.15, -0.1) is 0 Å². The molecule has 0 aliphatic carbocycles. The van der Waals surface area contributed by atoms with Crippen LogP contribution in [-0.2, 0) is 16.0 Å². The first-order valence-electron chi connectivity index (χ1n) is 12.6. The van der Waals surface area contributed by atoms with Gasteiger partial charge in [-0.05, 0) is 59.4 Å². The molecule has 0 spiro atoms. The molecule has 0 bridgehead atoms. The fraction of sp³-hybridized carbons (Fsp3) is 0.226. The standard InChI is InChI=1S/C31H29BrN2O4/c1-18(2)19-4-6-20(7-5-19)28-27(29(35)21-8-10-23(32)11-9-21)30(36)31(37)34(28)15-14-22-17-33-26-13-12-24(38-3)16-25(22)26/h4-13,16-18,28,33,35H,14-15H2,1-3H3/t28-/m1/s1. The van der Waals surface area contributed by atoms with Crippen LogP contribution < -0.4 is 4.74 Å². The van der Waals surface area contributed by atoms with Crippen molar-refractivity contribution in [3.63, 3.8) is 0 Å². The second-order valence-corrected chi connectivity index (χ2v) is 10.7. The van der Waals surface area contributed by atoms with Crippen LogP contribution in [0.2, 0.25) is 0 Å². The van der Waals surface area contributed by atoms with Crippen molar-refractivity contribution in [2.45, 2.75) is 32.2 Å². The molecule has 194 valence electrons.